The first-order valence-electron chi connectivity index (χ1n) is 26.3. The molecule has 0 radical (unpaired) electrons. The van der Waals surface area contributed by atoms with Crippen LogP contribution in [0.5, 0.6) is 0 Å². The van der Waals surface area contributed by atoms with E-state index in [0.29, 0.717) is 19.5 Å². The van der Waals surface area contributed by atoms with Crippen LogP contribution < -0.4 is 0 Å². The first-order chi connectivity index (χ1) is 29.0. The van der Waals surface area contributed by atoms with Crippen LogP contribution in [0.4, 0.5) is 0 Å². The predicted octanol–water partition coefficient (Wildman–Crippen LogP) is 14.6. The Morgan fingerprint density at radius 2 is 0.746 bits per heavy atom. The zero-order valence-electron chi connectivity index (χ0n) is 40.0. The van der Waals surface area contributed by atoms with Crippen molar-refractivity contribution in [2.75, 3.05) is 45.9 Å². The highest BCUT2D eigenvalue weighted by Gasteiger charge is 2.23. The highest BCUT2D eigenvalue weighted by molar-refractivity contribution is 5.77. The number of nitrogens with zero attached hydrogens (tertiary/aromatic N) is 2. The van der Waals surface area contributed by atoms with E-state index in [1.807, 2.05) is 0 Å². The fourth-order valence-electron chi connectivity index (χ4n) is 8.86. The van der Waals surface area contributed by atoms with Gasteiger partial charge in [-0.1, -0.05) is 214 Å². The highest BCUT2D eigenvalue weighted by atomic mass is 16.5. The van der Waals surface area contributed by atoms with Gasteiger partial charge >= 0.3 is 11.9 Å². The molecule has 1 amide bonds. The molecule has 0 bridgehead atoms. The molecule has 0 saturated carbocycles. The summed E-state index contributed by atoms with van der Waals surface area (Å²) in [4.78, 5) is 45.0. The summed E-state index contributed by atoms with van der Waals surface area (Å²) in [7, 11) is 0. The summed E-state index contributed by atoms with van der Waals surface area (Å²) < 4.78 is 12.0. The summed E-state index contributed by atoms with van der Waals surface area (Å²) >= 11 is 0. The second-order valence-corrected chi connectivity index (χ2v) is 18.4. The Bertz CT molecular complexity index is 859. The van der Waals surface area contributed by atoms with Crippen LogP contribution in [0.1, 0.15) is 259 Å². The first kappa shape index (κ1) is 55.4. The number of amides is 1. The van der Waals surface area contributed by atoms with Crippen LogP contribution in [0.2, 0.25) is 0 Å². The summed E-state index contributed by atoms with van der Waals surface area (Å²) in [5.41, 5.74) is 0. The Labute approximate surface area is 367 Å². The van der Waals surface area contributed by atoms with Crippen LogP contribution in [0.3, 0.4) is 0 Å². The molecule has 1 aliphatic heterocycles. The quantitative estimate of drug-likeness (QED) is 0.0450. The summed E-state index contributed by atoms with van der Waals surface area (Å²) in [5.74, 6) is -0.237. The molecule has 7 nitrogen and oxygen atoms in total. The van der Waals surface area contributed by atoms with Gasteiger partial charge in [-0.25, -0.2) is 0 Å². The lowest BCUT2D eigenvalue weighted by Crippen LogP contribution is -2.40. The van der Waals surface area contributed by atoms with E-state index in [1.54, 1.807) is 4.90 Å². The second-order valence-electron chi connectivity index (χ2n) is 18.4. The number of ether oxygens (including phenoxy) is 2. The van der Waals surface area contributed by atoms with Crippen molar-refractivity contribution in [1.82, 2.24) is 9.80 Å². The van der Waals surface area contributed by atoms with Crippen LogP contribution >= 0.6 is 0 Å². The van der Waals surface area contributed by atoms with E-state index in [9.17, 15) is 14.4 Å². The number of carbonyl (C=O) groups is 3. The average Bonchev–Trinajstić information content (AvgIpc) is 3.25. The van der Waals surface area contributed by atoms with Gasteiger partial charge in [-0.15, -0.1) is 0 Å². The average molecular weight is 833 g/mol. The van der Waals surface area contributed by atoms with E-state index in [4.69, 9.17) is 9.47 Å². The van der Waals surface area contributed by atoms with Crippen molar-refractivity contribution in [2.45, 2.75) is 259 Å². The number of likely N-dealkylation sites (tertiary alicyclic amines) is 1. The lowest BCUT2D eigenvalue weighted by molar-refractivity contribution is -0.152. The zero-order chi connectivity index (χ0) is 42.9. The fourth-order valence-corrected chi connectivity index (χ4v) is 8.86. The monoisotopic (exact) mass is 833 g/mol. The van der Waals surface area contributed by atoms with Crippen molar-refractivity contribution < 1.29 is 23.9 Å². The largest absolute Gasteiger partial charge is 0.464 e. The molecule has 1 saturated heterocycles. The van der Waals surface area contributed by atoms with Crippen molar-refractivity contribution in [1.29, 1.82) is 0 Å². The molecule has 1 heterocycles. The summed E-state index contributed by atoms with van der Waals surface area (Å²) in [5, 5.41) is 0. The summed E-state index contributed by atoms with van der Waals surface area (Å²) in [6, 6.07) is 0. The molecule has 1 rings (SSSR count). The molecule has 59 heavy (non-hydrogen) atoms. The number of piperidine rings is 1. The summed E-state index contributed by atoms with van der Waals surface area (Å²) in [6.45, 7) is 13.0. The Balaban J connectivity index is 2.80. The van der Waals surface area contributed by atoms with E-state index in [-0.39, 0.29) is 42.9 Å². The van der Waals surface area contributed by atoms with E-state index >= 15 is 0 Å². The number of hydrogen-bond donors (Lipinski definition) is 0. The van der Waals surface area contributed by atoms with Gasteiger partial charge in [0.2, 0.25) is 5.91 Å². The maximum Gasteiger partial charge on any atom is 0.308 e. The van der Waals surface area contributed by atoms with E-state index in [1.165, 1.54) is 173 Å². The molecule has 0 aromatic carbocycles. The molecular formula is C52H100N2O5. The molecule has 0 aliphatic carbocycles. The maximum absolute atomic E-state index is 13.7. The SMILES string of the molecule is CCCCCCCCCC(CCCCCCCCC)C(=O)OCCN(CCOC(=O)C(CCCCCCCCC)CCCCCCCCC)C(=O)CCN1CCCCC1. The molecule has 0 N–H and O–H groups in total. The third-order valence-electron chi connectivity index (χ3n) is 12.9. The standard InChI is InChI=1S/C52H100N2O5/c1-5-9-13-17-21-25-30-36-48(37-31-26-22-18-14-10-6-2)51(56)58-46-44-54(50(55)40-43-53-41-34-29-35-42-53)45-47-59-52(57)49(38-32-27-23-19-15-11-7-3)39-33-28-24-20-16-12-8-4/h48-49H,5-47H2,1-4H3. The van der Waals surface area contributed by atoms with Crippen molar-refractivity contribution in [3.8, 4) is 0 Å². The van der Waals surface area contributed by atoms with E-state index in [2.05, 4.69) is 32.6 Å². The van der Waals surface area contributed by atoms with Crippen LogP contribution in [0.25, 0.3) is 0 Å². The molecule has 7 heteroatoms. The van der Waals surface area contributed by atoms with Gasteiger partial charge in [0, 0.05) is 13.0 Å². The zero-order valence-corrected chi connectivity index (χ0v) is 40.0. The van der Waals surface area contributed by atoms with Crippen molar-refractivity contribution in [3.05, 3.63) is 0 Å². The Morgan fingerprint density at radius 1 is 0.441 bits per heavy atom. The minimum atomic E-state index is -0.0901. The van der Waals surface area contributed by atoms with Crippen molar-refractivity contribution in [3.63, 3.8) is 0 Å². The van der Waals surface area contributed by atoms with Crippen molar-refractivity contribution in [2.24, 2.45) is 11.8 Å². The van der Waals surface area contributed by atoms with Crippen LogP contribution in [-0.2, 0) is 23.9 Å². The van der Waals surface area contributed by atoms with Crippen LogP contribution in [-0.4, -0.2) is 73.6 Å². The smallest absolute Gasteiger partial charge is 0.308 e. The third kappa shape index (κ3) is 32.7. The molecule has 0 aromatic heterocycles. The number of esters is 2. The second kappa shape index (κ2) is 41.7. The van der Waals surface area contributed by atoms with Crippen LogP contribution in [0.15, 0.2) is 0 Å². The Morgan fingerprint density at radius 3 is 1.07 bits per heavy atom. The van der Waals surface area contributed by atoms with Gasteiger partial charge in [0.25, 0.3) is 0 Å². The fraction of sp³-hybridized carbons (Fsp3) is 0.942. The topological polar surface area (TPSA) is 76.1 Å². The van der Waals surface area contributed by atoms with E-state index < -0.39 is 0 Å². The summed E-state index contributed by atoms with van der Waals surface area (Å²) in [6.07, 6.45) is 42.4. The molecule has 0 spiro atoms. The molecule has 348 valence electrons. The first-order valence-corrected chi connectivity index (χ1v) is 26.3. The van der Waals surface area contributed by atoms with Crippen LogP contribution in [0, 0.1) is 11.8 Å². The lowest BCUT2D eigenvalue weighted by Gasteiger charge is -2.28. The Hall–Kier alpha value is -1.63. The minimum Gasteiger partial charge on any atom is -0.464 e. The van der Waals surface area contributed by atoms with Crippen molar-refractivity contribution >= 4 is 17.8 Å². The molecule has 1 fully saturated rings. The normalized spacial score (nSPS) is 13.4. The van der Waals surface area contributed by atoms with Gasteiger partial charge in [0.1, 0.15) is 13.2 Å². The van der Waals surface area contributed by atoms with Gasteiger partial charge < -0.3 is 19.3 Å². The lowest BCUT2D eigenvalue weighted by atomic mass is 9.94. The number of unbranched alkanes of at least 4 members (excludes halogenated alkanes) is 24. The van der Waals surface area contributed by atoms with Gasteiger partial charge in [-0.3, -0.25) is 14.4 Å². The highest BCUT2D eigenvalue weighted by Crippen LogP contribution is 2.23. The Kier molecular flexibility index (Phi) is 39.2. The number of carbonyl (C=O) groups excluding carboxylic acids is 3. The van der Waals surface area contributed by atoms with Gasteiger partial charge in [0.05, 0.1) is 24.9 Å². The third-order valence-corrected chi connectivity index (χ3v) is 12.9. The van der Waals surface area contributed by atoms with Gasteiger partial charge in [-0.2, -0.15) is 0 Å². The number of rotatable bonds is 43. The van der Waals surface area contributed by atoms with Gasteiger partial charge in [0.15, 0.2) is 0 Å². The minimum absolute atomic E-state index is 0.0601. The predicted molar refractivity (Wildman–Crippen MR) is 251 cm³/mol. The number of hydrogen-bond acceptors (Lipinski definition) is 6. The van der Waals surface area contributed by atoms with E-state index in [0.717, 1.165) is 71.0 Å². The molecular weight excluding hydrogens is 733 g/mol. The molecule has 0 unspecified atom stereocenters. The molecule has 0 atom stereocenters. The molecule has 1 aliphatic rings. The molecule has 0 aromatic rings. The van der Waals surface area contributed by atoms with Gasteiger partial charge in [-0.05, 0) is 51.6 Å². The maximum atomic E-state index is 13.7.